The minimum absolute atomic E-state index is 0.802. The molecular weight excluding hydrogens is 312 g/mol. The average Bonchev–Trinajstić information content (AvgIpc) is 3.19. The monoisotopic (exact) mass is 334 g/mol. The summed E-state index contributed by atoms with van der Waals surface area (Å²) < 4.78 is 7.42. The largest absolute Gasteiger partial charge is 0.378 e. The lowest BCUT2D eigenvalue weighted by atomic mass is 10.1. The van der Waals surface area contributed by atoms with Crippen molar-refractivity contribution in [2.24, 2.45) is 0 Å². The summed E-state index contributed by atoms with van der Waals surface area (Å²) in [5.41, 5.74) is 4.53. The molecule has 5 heteroatoms. The summed E-state index contributed by atoms with van der Waals surface area (Å²) in [6, 6.07) is 12.7. The molecule has 0 radical (unpaired) electrons. The Kier molecular flexibility index (Phi) is 4.48. The normalized spacial score (nSPS) is 14.7. The van der Waals surface area contributed by atoms with Gasteiger partial charge in [0.1, 0.15) is 12.1 Å². The van der Waals surface area contributed by atoms with Gasteiger partial charge < -0.3 is 9.64 Å². The first-order valence-electron chi connectivity index (χ1n) is 8.76. The van der Waals surface area contributed by atoms with Crippen molar-refractivity contribution < 1.29 is 4.74 Å². The van der Waals surface area contributed by atoms with E-state index in [-0.39, 0.29) is 0 Å². The summed E-state index contributed by atoms with van der Waals surface area (Å²) in [4.78, 5) is 11.4. The molecule has 1 aliphatic heterocycles. The molecule has 0 spiro atoms. The predicted molar refractivity (Wildman–Crippen MR) is 99.2 cm³/mol. The van der Waals surface area contributed by atoms with E-state index in [1.54, 1.807) is 0 Å². The number of imidazole rings is 1. The van der Waals surface area contributed by atoms with Crippen LogP contribution in [0, 0.1) is 0 Å². The molecule has 2 aromatic heterocycles. The van der Waals surface area contributed by atoms with Crippen molar-refractivity contribution in [2.45, 2.75) is 13.3 Å². The number of hydrogen-bond donors (Lipinski definition) is 0. The summed E-state index contributed by atoms with van der Waals surface area (Å²) in [5, 5.41) is 0. The van der Waals surface area contributed by atoms with Crippen LogP contribution >= 0.6 is 0 Å². The number of ether oxygens (including phenoxy) is 1. The van der Waals surface area contributed by atoms with Crippen LogP contribution in [0.25, 0.3) is 17.1 Å². The highest BCUT2D eigenvalue weighted by Crippen LogP contribution is 2.24. The molecule has 128 valence electrons. The van der Waals surface area contributed by atoms with E-state index in [2.05, 4.69) is 52.1 Å². The van der Waals surface area contributed by atoms with Gasteiger partial charge in [-0.3, -0.25) is 4.57 Å². The van der Waals surface area contributed by atoms with Crippen LogP contribution in [-0.2, 0) is 11.2 Å². The lowest BCUT2D eigenvalue weighted by Crippen LogP contribution is -2.36. The highest BCUT2D eigenvalue weighted by atomic mass is 16.5. The van der Waals surface area contributed by atoms with Crippen LogP contribution in [0.2, 0.25) is 0 Å². The molecule has 1 fully saturated rings. The Morgan fingerprint density at radius 3 is 2.60 bits per heavy atom. The second-order valence-corrected chi connectivity index (χ2v) is 6.15. The first kappa shape index (κ1) is 15.8. The molecule has 0 aliphatic carbocycles. The maximum atomic E-state index is 5.42. The second kappa shape index (κ2) is 7.07. The number of aromatic nitrogens is 3. The zero-order chi connectivity index (χ0) is 17.1. The Hall–Kier alpha value is -2.66. The van der Waals surface area contributed by atoms with Crippen LogP contribution in [0.15, 0.2) is 55.1 Å². The van der Waals surface area contributed by atoms with E-state index in [9.17, 15) is 0 Å². The van der Waals surface area contributed by atoms with Crippen molar-refractivity contribution >= 4 is 5.69 Å². The third kappa shape index (κ3) is 3.28. The summed E-state index contributed by atoms with van der Waals surface area (Å²) in [6.45, 7) is 5.65. The summed E-state index contributed by atoms with van der Waals surface area (Å²) >= 11 is 0. The molecule has 0 amide bonds. The van der Waals surface area contributed by atoms with Crippen LogP contribution in [-0.4, -0.2) is 40.8 Å². The van der Waals surface area contributed by atoms with E-state index in [1.165, 1.54) is 11.3 Å². The number of benzene rings is 1. The van der Waals surface area contributed by atoms with Gasteiger partial charge in [-0.25, -0.2) is 9.97 Å². The van der Waals surface area contributed by atoms with Crippen molar-refractivity contribution in [2.75, 3.05) is 31.2 Å². The Balaban J connectivity index is 1.57. The number of nitrogens with zero attached hydrogens (tertiary/aromatic N) is 4. The standard InChI is InChI=1S/C20H22N4O/c1-2-16-4-3-9-21-20(16)24-14-19(22-15-24)17-5-7-18(8-6-17)23-10-12-25-13-11-23/h3-9,14-15H,2,10-13H2,1H3. The highest BCUT2D eigenvalue weighted by molar-refractivity contribution is 5.63. The molecule has 1 aliphatic rings. The van der Waals surface area contributed by atoms with E-state index >= 15 is 0 Å². The van der Waals surface area contributed by atoms with Crippen molar-refractivity contribution in [1.82, 2.24) is 14.5 Å². The van der Waals surface area contributed by atoms with E-state index in [1.807, 2.05) is 29.4 Å². The minimum Gasteiger partial charge on any atom is -0.378 e. The molecular formula is C20H22N4O. The Labute approximate surface area is 147 Å². The quantitative estimate of drug-likeness (QED) is 0.734. The van der Waals surface area contributed by atoms with Crippen molar-refractivity contribution in [1.29, 1.82) is 0 Å². The number of aryl methyl sites for hydroxylation is 1. The van der Waals surface area contributed by atoms with Crippen LogP contribution in [0.3, 0.4) is 0 Å². The zero-order valence-electron chi connectivity index (χ0n) is 14.4. The van der Waals surface area contributed by atoms with Gasteiger partial charge in [0.05, 0.1) is 18.9 Å². The highest BCUT2D eigenvalue weighted by Gasteiger charge is 2.12. The number of pyridine rings is 1. The van der Waals surface area contributed by atoms with Gasteiger partial charge in [0.15, 0.2) is 0 Å². The molecule has 0 atom stereocenters. The SMILES string of the molecule is CCc1cccnc1-n1cnc(-c2ccc(N3CCOCC3)cc2)c1. The third-order valence-corrected chi connectivity index (χ3v) is 4.61. The van der Waals surface area contributed by atoms with Crippen molar-refractivity contribution in [3.05, 3.63) is 60.7 Å². The molecule has 25 heavy (non-hydrogen) atoms. The predicted octanol–water partition coefficient (Wildman–Crippen LogP) is 3.33. The molecule has 0 unspecified atom stereocenters. The second-order valence-electron chi connectivity index (χ2n) is 6.15. The van der Waals surface area contributed by atoms with Gasteiger partial charge in [-0.1, -0.05) is 25.1 Å². The van der Waals surface area contributed by atoms with Crippen LogP contribution in [0.1, 0.15) is 12.5 Å². The summed E-state index contributed by atoms with van der Waals surface area (Å²) in [7, 11) is 0. The molecule has 3 heterocycles. The summed E-state index contributed by atoms with van der Waals surface area (Å²) in [6.07, 6.45) is 6.66. The third-order valence-electron chi connectivity index (χ3n) is 4.61. The Morgan fingerprint density at radius 1 is 1.04 bits per heavy atom. The number of anilines is 1. The van der Waals surface area contributed by atoms with Gasteiger partial charge >= 0.3 is 0 Å². The topological polar surface area (TPSA) is 43.2 Å². The lowest BCUT2D eigenvalue weighted by molar-refractivity contribution is 0.122. The lowest BCUT2D eigenvalue weighted by Gasteiger charge is -2.28. The smallest absolute Gasteiger partial charge is 0.141 e. The van der Waals surface area contributed by atoms with Gasteiger partial charge in [-0.05, 0) is 30.2 Å². The fourth-order valence-electron chi connectivity index (χ4n) is 3.19. The Morgan fingerprint density at radius 2 is 1.84 bits per heavy atom. The fourth-order valence-corrected chi connectivity index (χ4v) is 3.19. The van der Waals surface area contributed by atoms with Gasteiger partial charge in [0, 0.05) is 36.7 Å². The molecule has 0 bridgehead atoms. The van der Waals surface area contributed by atoms with Crippen molar-refractivity contribution in [3.63, 3.8) is 0 Å². The average molecular weight is 334 g/mol. The minimum atomic E-state index is 0.802. The van der Waals surface area contributed by atoms with Crippen LogP contribution in [0.4, 0.5) is 5.69 Å². The van der Waals surface area contributed by atoms with E-state index in [0.717, 1.165) is 49.8 Å². The first-order chi connectivity index (χ1) is 12.3. The molecule has 3 aromatic rings. The van der Waals surface area contributed by atoms with Gasteiger partial charge in [-0.2, -0.15) is 0 Å². The summed E-state index contributed by atoms with van der Waals surface area (Å²) in [5.74, 6) is 0.952. The molecule has 5 nitrogen and oxygen atoms in total. The molecule has 4 rings (SSSR count). The Bertz CT molecular complexity index is 835. The zero-order valence-corrected chi connectivity index (χ0v) is 14.4. The van der Waals surface area contributed by atoms with Gasteiger partial charge in [0.2, 0.25) is 0 Å². The van der Waals surface area contributed by atoms with E-state index in [0.29, 0.717) is 0 Å². The number of rotatable bonds is 4. The maximum Gasteiger partial charge on any atom is 0.141 e. The van der Waals surface area contributed by atoms with Crippen LogP contribution < -0.4 is 4.90 Å². The van der Waals surface area contributed by atoms with Gasteiger partial charge in [0.25, 0.3) is 0 Å². The molecule has 0 saturated carbocycles. The fraction of sp³-hybridized carbons (Fsp3) is 0.300. The van der Waals surface area contributed by atoms with Crippen molar-refractivity contribution in [3.8, 4) is 17.1 Å². The molecule has 1 saturated heterocycles. The molecule has 0 N–H and O–H groups in total. The molecule has 1 aromatic carbocycles. The number of hydrogen-bond acceptors (Lipinski definition) is 4. The first-order valence-corrected chi connectivity index (χ1v) is 8.76. The number of morpholine rings is 1. The van der Waals surface area contributed by atoms with E-state index in [4.69, 9.17) is 4.74 Å². The van der Waals surface area contributed by atoms with E-state index < -0.39 is 0 Å². The van der Waals surface area contributed by atoms with Gasteiger partial charge in [-0.15, -0.1) is 0 Å². The maximum absolute atomic E-state index is 5.42. The van der Waals surface area contributed by atoms with Crippen LogP contribution in [0.5, 0.6) is 0 Å².